The van der Waals surface area contributed by atoms with Gasteiger partial charge in [0.05, 0.1) is 5.54 Å². The Morgan fingerprint density at radius 3 is 2.64 bits per heavy atom. The predicted octanol–water partition coefficient (Wildman–Crippen LogP) is 2.15. The van der Waals surface area contributed by atoms with Gasteiger partial charge in [-0.25, -0.2) is 9.18 Å². The van der Waals surface area contributed by atoms with Crippen LogP contribution in [0.25, 0.3) is 0 Å². The van der Waals surface area contributed by atoms with E-state index in [0.29, 0.717) is 37.9 Å². The molecule has 2 heterocycles. The van der Waals surface area contributed by atoms with Crippen molar-refractivity contribution in [3.8, 4) is 0 Å². The molecule has 0 saturated carbocycles. The van der Waals surface area contributed by atoms with Crippen LogP contribution in [0.2, 0.25) is 0 Å². The van der Waals surface area contributed by atoms with Gasteiger partial charge >= 0.3 is 6.03 Å². The fourth-order valence-electron chi connectivity index (χ4n) is 3.81. The van der Waals surface area contributed by atoms with Crippen molar-refractivity contribution in [3.05, 3.63) is 29.6 Å². The number of urea groups is 1. The van der Waals surface area contributed by atoms with Gasteiger partial charge in [0.2, 0.25) is 0 Å². The molecule has 1 aromatic rings. The number of hydrogen-bond acceptors (Lipinski definition) is 3. The number of ketones is 1. The summed E-state index contributed by atoms with van der Waals surface area (Å²) in [5, 5.41) is 0. The van der Waals surface area contributed by atoms with Crippen molar-refractivity contribution in [1.82, 2.24) is 4.90 Å². The van der Waals surface area contributed by atoms with Gasteiger partial charge in [0.15, 0.2) is 5.78 Å². The van der Waals surface area contributed by atoms with E-state index in [0.717, 1.165) is 12.2 Å². The molecule has 1 fully saturated rings. The van der Waals surface area contributed by atoms with Crippen LogP contribution < -0.4 is 10.6 Å². The summed E-state index contributed by atoms with van der Waals surface area (Å²) >= 11 is 0. The number of carbonyl (C=O) groups is 2. The van der Waals surface area contributed by atoms with E-state index < -0.39 is 6.03 Å². The lowest BCUT2D eigenvalue weighted by atomic mass is 9.76. The molecule has 1 aromatic carbocycles. The first kappa shape index (κ1) is 14.8. The van der Waals surface area contributed by atoms with Crippen LogP contribution in [0.15, 0.2) is 18.2 Å². The molecule has 0 aliphatic carbocycles. The summed E-state index contributed by atoms with van der Waals surface area (Å²) < 4.78 is 13.4. The Balaban J connectivity index is 1.96. The van der Waals surface area contributed by atoms with E-state index in [1.165, 1.54) is 12.1 Å². The highest BCUT2D eigenvalue weighted by atomic mass is 19.1. The molecule has 3 rings (SSSR count). The molecule has 1 spiro atoms. The Labute approximate surface area is 128 Å². The number of rotatable bonds is 1. The largest absolute Gasteiger partial charge is 0.365 e. The number of amides is 2. The number of likely N-dealkylation sites (tertiary alicyclic amines) is 1. The van der Waals surface area contributed by atoms with E-state index in [2.05, 4.69) is 4.90 Å². The topological polar surface area (TPSA) is 66.6 Å². The molecular weight excluding hydrogens is 285 g/mol. The van der Waals surface area contributed by atoms with Crippen LogP contribution in [-0.4, -0.2) is 41.9 Å². The number of nitrogens with zero attached hydrogens (tertiary/aromatic N) is 2. The third-order valence-electron chi connectivity index (χ3n) is 4.93. The molecule has 1 saturated heterocycles. The number of carbonyl (C=O) groups excluding carboxylic acids is 2. The zero-order valence-electron chi connectivity index (χ0n) is 12.6. The highest BCUT2D eigenvalue weighted by Crippen LogP contribution is 2.42. The van der Waals surface area contributed by atoms with Gasteiger partial charge in [-0.15, -0.1) is 0 Å². The summed E-state index contributed by atoms with van der Waals surface area (Å²) in [6.07, 6.45) is 1.77. The number of halogens is 1. The van der Waals surface area contributed by atoms with Gasteiger partial charge in [-0.05, 0) is 38.0 Å². The van der Waals surface area contributed by atoms with Gasteiger partial charge in [0.1, 0.15) is 5.82 Å². The lowest BCUT2D eigenvalue weighted by Gasteiger charge is -2.52. The zero-order chi connectivity index (χ0) is 15.9. The predicted molar refractivity (Wildman–Crippen MR) is 81.5 cm³/mol. The lowest BCUT2D eigenvalue weighted by Crippen LogP contribution is -2.60. The monoisotopic (exact) mass is 305 g/mol. The number of hydrogen-bond donors (Lipinski definition) is 1. The second kappa shape index (κ2) is 5.26. The Hall–Kier alpha value is -2.11. The van der Waals surface area contributed by atoms with E-state index in [1.807, 2.05) is 6.92 Å². The van der Waals surface area contributed by atoms with Gasteiger partial charge in [-0.2, -0.15) is 0 Å². The average molecular weight is 305 g/mol. The molecule has 2 aliphatic rings. The fraction of sp³-hybridized carbons (Fsp3) is 0.500. The van der Waals surface area contributed by atoms with Crippen LogP contribution in [0.1, 0.15) is 36.5 Å². The minimum absolute atomic E-state index is 0.0216. The summed E-state index contributed by atoms with van der Waals surface area (Å²) in [7, 11) is 0. The van der Waals surface area contributed by atoms with E-state index >= 15 is 0 Å². The molecule has 2 aliphatic heterocycles. The smallest absolute Gasteiger partial charge is 0.314 e. The second-order valence-electron chi connectivity index (χ2n) is 6.06. The van der Waals surface area contributed by atoms with Crippen LogP contribution in [0.3, 0.4) is 0 Å². The average Bonchev–Trinajstić information content (AvgIpc) is 2.49. The van der Waals surface area contributed by atoms with Crippen LogP contribution in [0, 0.1) is 5.82 Å². The van der Waals surface area contributed by atoms with Crippen LogP contribution in [-0.2, 0) is 0 Å². The van der Waals surface area contributed by atoms with Crippen molar-refractivity contribution in [1.29, 1.82) is 0 Å². The van der Waals surface area contributed by atoms with E-state index in [-0.39, 0.29) is 17.1 Å². The standard InChI is InChI=1S/C16H20FN3O2/c1-2-20-13-4-3-11(17)9-12(13)14(21)10-16(20)5-7-19(8-6-16)15(18)22/h3-4,9H,2,5-8,10H2,1H3,(H2,18,22). The minimum Gasteiger partial charge on any atom is -0.365 e. The highest BCUT2D eigenvalue weighted by molar-refractivity contribution is 6.04. The number of benzene rings is 1. The number of primary amides is 1. The Morgan fingerprint density at radius 1 is 1.36 bits per heavy atom. The molecule has 0 aromatic heterocycles. The van der Waals surface area contributed by atoms with Crippen molar-refractivity contribution >= 4 is 17.5 Å². The van der Waals surface area contributed by atoms with Crippen LogP contribution in [0.4, 0.5) is 14.9 Å². The first-order chi connectivity index (χ1) is 10.5. The van der Waals surface area contributed by atoms with Crippen LogP contribution >= 0.6 is 0 Å². The second-order valence-corrected chi connectivity index (χ2v) is 6.06. The molecule has 0 bridgehead atoms. The first-order valence-corrected chi connectivity index (χ1v) is 7.61. The van der Waals surface area contributed by atoms with E-state index in [1.54, 1.807) is 11.0 Å². The van der Waals surface area contributed by atoms with E-state index in [4.69, 9.17) is 5.73 Å². The number of Topliss-reactive ketones (excluding diaryl/α,β-unsaturated/α-hetero) is 1. The molecule has 5 nitrogen and oxygen atoms in total. The van der Waals surface area contributed by atoms with E-state index in [9.17, 15) is 14.0 Å². The molecule has 0 unspecified atom stereocenters. The van der Waals surface area contributed by atoms with Gasteiger partial charge in [-0.1, -0.05) is 0 Å². The molecule has 2 N–H and O–H groups in total. The number of piperidine rings is 1. The minimum atomic E-state index is -0.414. The molecule has 2 amide bonds. The molecule has 0 radical (unpaired) electrons. The van der Waals surface area contributed by atoms with Crippen molar-refractivity contribution in [3.63, 3.8) is 0 Å². The quantitative estimate of drug-likeness (QED) is 0.864. The van der Waals surface area contributed by atoms with Gasteiger partial charge < -0.3 is 15.5 Å². The van der Waals surface area contributed by atoms with Crippen molar-refractivity contribution < 1.29 is 14.0 Å². The number of anilines is 1. The van der Waals surface area contributed by atoms with Gasteiger partial charge in [0.25, 0.3) is 0 Å². The lowest BCUT2D eigenvalue weighted by molar-refractivity contribution is 0.0888. The number of fused-ring (bicyclic) bond motifs is 1. The zero-order valence-corrected chi connectivity index (χ0v) is 12.6. The normalized spacial score (nSPS) is 20.2. The Bertz CT molecular complexity index is 624. The molecular formula is C16H20FN3O2. The molecule has 22 heavy (non-hydrogen) atoms. The summed E-state index contributed by atoms with van der Waals surface area (Å²) in [5.74, 6) is -0.408. The third kappa shape index (κ3) is 2.23. The van der Waals surface area contributed by atoms with Gasteiger partial charge in [-0.3, -0.25) is 4.79 Å². The SMILES string of the molecule is CCN1c2ccc(F)cc2C(=O)CC12CCN(C(N)=O)CC2. The fourth-order valence-corrected chi connectivity index (χ4v) is 3.81. The third-order valence-corrected chi connectivity index (χ3v) is 4.93. The van der Waals surface area contributed by atoms with Gasteiger partial charge in [0, 0.05) is 37.3 Å². The molecule has 118 valence electrons. The Kier molecular flexibility index (Phi) is 3.54. The Morgan fingerprint density at radius 2 is 2.05 bits per heavy atom. The first-order valence-electron chi connectivity index (χ1n) is 7.61. The maximum absolute atomic E-state index is 13.4. The summed E-state index contributed by atoms with van der Waals surface area (Å²) in [6, 6.07) is 3.99. The summed E-state index contributed by atoms with van der Waals surface area (Å²) in [5.41, 5.74) is 6.31. The molecule has 0 atom stereocenters. The maximum Gasteiger partial charge on any atom is 0.314 e. The van der Waals surface area contributed by atoms with Crippen LogP contribution in [0.5, 0.6) is 0 Å². The summed E-state index contributed by atoms with van der Waals surface area (Å²) in [6.45, 7) is 3.87. The highest BCUT2D eigenvalue weighted by Gasteiger charge is 2.45. The van der Waals surface area contributed by atoms with Crippen molar-refractivity contribution in [2.45, 2.75) is 31.7 Å². The van der Waals surface area contributed by atoms with Crippen molar-refractivity contribution in [2.75, 3.05) is 24.5 Å². The molecule has 6 heteroatoms. The summed E-state index contributed by atoms with van der Waals surface area (Å²) in [4.78, 5) is 27.6. The van der Waals surface area contributed by atoms with Crippen molar-refractivity contribution in [2.24, 2.45) is 5.73 Å². The number of nitrogens with two attached hydrogens (primary N) is 1. The maximum atomic E-state index is 13.4.